The highest BCUT2D eigenvalue weighted by Crippen LogP contribution is 2.28. The fraction of sp³-hybridized carbons (Fsp3) is 0.417. The van der Waals surface area contributed by atoms with E-state index < -0.39 is 28.0 Å². The van der Waals surface area contributed by atoms with Crippen LogP contribution in [0.15, 0.2) is 12.1 Å². The summed E-state index contributed by atoms with van der Waals surface area (Å²) in [5, 5.41) is 19.7. The minimum atomic E-state index is -1.47. The fourth-order valence-corrected chi connectivity index (χ4v) is 1.77. The van der Waals surface area contributed by atoms with Crippen molar-refractivity contribution in [1.29, 1.82) is 0 Å². The number of carboxylic acids is 1. The third-order valence-electron chi connectivity index (χ3n) is 2.78. The van der Waals surface area contributed by atoms with E-state index >= 15 is 0 Å². The largest absolute Gasteiger partial charge is 0.477 e. The van der Waals surface area contributed by atoms with Crippen LogP contribution in [0.25, 0.3) is 0 Å². The molecule has 8 heteroatoms. The molecular weight excluding hydrogens is 271 g/mol. The molecule has 1 rings (SSSR count). The van der Waals surface area contributed by atoms with Crippen LogP contribution in [0.1, 0.15) is 17.3 Å². The quantitative estimate of drug-likeness (QED) is 0.608. The van der Waals surface area contributed by atoms with Gasteiger partial charge in [-0.2, -0.15) is 0 Å². The van der Waals surface area contributed by atoms with Gasteiger partial charge in [-0.15, -0.1) is 0 Å². The lowest BCUT2D eigenvalue weighted by atomic mass is 10.1. The van der Waals surface area contributed by atoms with Crippen LogP contribution >= 0.6 is 0 Å². The van der Waals surface area contributed by atoms with E-state index in [9.17, 15) is 19.3 Å². The second-order valence-electron chi connectivity index (χ2n) is 3.96. The summed E-state index contributed by atoms with van der Waals surface area (Å²) in [6.45, 7) is 2.85. The number of aromatic carboxylic acids is 1. The predicted molar refractivity (Wildman–Crippen MR) is 69.8 cm³/mol. The number of hydrogen-bond acceptors (Lipinski definition) is 5. The zero-order valence-electron chi connectivity index (χ0n) is 11.1. The van der Waals surface area contributed by atoms with E-state index in [-0.39, 0.29) is 5.69 Å². The van der Waals surface area contributed by atoms with Gasteiger partial charge in [-0.25, -0.2) is 9.18 Å². The maximum Gasteiger partial charge on any atom is 0.342 e. The molecule has 0 saturated heterocycles. The van der Waals surface area contributed by atoms with Gasteiger partial charge in [0.1, 0.15) is 5.56 Å². The van der Waals surface area contributed by atoms with Crippen LogP contribution < -0.4 is 4.90 Å². The van der Waals surface area contributed by atoms with Gasteiger partial charge in [-0.1, -0.05) is 0 Å². The molecular formula is C12H15FN2O5. The summed E-state index contributed by atoms with van der Waals surface area (Å²) >= 11 is 0. The number of benzene rings is 1. The number of methoxy groups -OCH3 is 1. The second kappa shape index (κ2) is 6.80. The van der Waals surface area contributed by atoms with Gasteiger partial charge in [-0.3, -0.25) is 10.1 Å². The Morgan fingerprint density at radius 2 is 2.20 bits per heavy atom. The molecule has 7 nitrogen and oxygen atoms in total. The fourth-order valence-electron chi connectivity index (χ4n) is 1.77. The van der Waals surface area contributed by atoms with Crippen molar-refractivity contribution in [3.8, 4) is 0 Å². The number of rotatable bonds is 7. The van der Waals surface area contributed by atoms with Crippen molar-refractivity contribution in [2.75, 3.05) is 31.7 Å². The molecule has 0 saturated carbocycles. The van der Waals surface area contributed by atoms with Crippen molar-refractivity contribution in [2.24, 2.45) is 0 Å². The van der Waals surface area contributed by atoms with E-state index in [0.717, 1.165) is 6.07 Å². The maximum absolute atomic E-state index is 13.9. The van der Waals surface area contributed by atoms with Gasteiger partial charge in [0.25, 0.3) is 5.69 Å². The second-order valence-corrected chi connectivity index (χ2v) is 3.96. The molecule has 0 amide bonds. The third kappa shape index (κ3) is 3.41. The van der Waals surface area contributed by atoms with Crippen molar-refractivity contribution in [1.82, 2.24) is 0 Å². The van der Waals surface area contributed by atoms with E-state index in [0.29, 0.717) is 25.8 Å². The Kier molecular flexibility index (Phi) is 5.39. The lowest BCUT2D eigenvalue weighted by molar-refractivity contribution is -0.385. The number of nitro benzene ring substituents is 1. The Labute approximate surface area is 114 Å². The van der Waals surface area contributed by atoms with Gasteiger partial charge in [0.05, 0.1) is 23.3 Å². The van der Waals surface area contributed by atoms with E-state index in [1.54, 1.807) is 11.8 Å². The molecule has 0 aromatic heterocycles. The highest BCUT2D eigenvalue weighted by Gasteiger charge is 2.24. The van der Waals surface area contributed by atoms with Gasteiger partial charge in [0.15, 0.2) is 5.82 Å². The normalized spacial score (nSPS) is 10.3. The zero-order valence-corrected chi connectivity index (χ0v) is 11.1. The van der Waals surface area contributed by atoms with Crippen LogP contribution in [0.2, 0.25) is 0 Å². The van der Waals surface area contributed by atoms with E-state index in [1.165, 1.54) is 7.11 Å². The third-order valence-corrected chi connectivity index (χ3v) is 2.78. The molecule has 0 aliphatic carbocycles. The van der Waals surface area contributed by atoms with Gasteiger partial charge in [0.2, 0.25) is 0 Å². The Bertz CT molecular complexity index is 521. The lowest BCUT2D eigenvalue weighted by Gasteiger charge is -2.23. The first-order valence-corrected chi connectivity index (χ1v) is 5.87. The van der Waals surface area contributed by atoms with Crippen molar-refractivity contribution >= 4 is 17.3 Å². The van der Waals surface area contributed by atoms with Crippen molar-refractivity contribution in [2.45, 2.75) is 6.92 Å². The molecule has 110 valence electrons. The van der Waals surface area contributed by atoms with Crippen LogP contribution in [0.3, 0.4) is 0 Å². The Morgan fingerprint density at radius 3 is 2.65 bits per heavy atom. The maximum atomic E-state index is 13.9. The highest BCUT2D eigenvalue weighted by molar-refractivity contribution is 5.93. The van der Waals surface area contributed by atoms with E-state index in [2.05, 4.69) is 0 Å². The Hall–Kier alpha value is -2.22. The van der Waals surface area contributed by atoms with Crippen LogP contribution in [-0.2, 0) is 4.74 Å². The van der Waals surface area contributed by atoms with Crippen LogP contribution in [-0.4, -0.2) is 42.8 Å². The smallest absolute Gasteiger partial charge is 0.342 e. The topological polar surface area (TPSA) is 92.9 Å². The summed E-state index contributed by atoms with van der Waals surface area (Å²) in [4.78, 5) is 22.4. The van der Waals surface area contributed by atoms with Crippen LogP contribution in [0, 0.1) is 15.9 Å². The molecule has 0 radical (unpaired) electrons. The number of likely N-dealkylation sites (N-methyl/N-ethyl adjacent to an activating group) is 1. The molecule has 0 bridgehead atoms. The van der Waals surface area contributed by atoms with Crippen LogP contribution in [0.4, 0.5) is 15.8 Å². The first kappa shape index (κ1) is 15.8. The summed E-state index contributed by atoms with van der Waals surface area (Å²) in [6, 6.07) is 1.61. The zero-order chi connectivity index (χ0) is 15.3. The molecule has 0 aliphatic rings. The SMILES string of the molecule is CCN(CCOC)c1cc(C(=O)O)c([N+](=O)[O-])cc1F. The van der Waals surface area contributed by atoms with Gasteiger partial charge < -0.3 is 14.7 Å². The van der Waals surface area contributed by atoms with Gasteiger partial charge in [-0.05, 0) is 13.0 Å². The van der Waals surface area contributed by atoms with Crippen molar-refractivity contribution in [3.63, 3.8) is 0 Å². The molecule has 0 atom stereocenters. The first-order chi connectivity index (χ1) is 9.42. The summed E-state index contributed by atoms with van der Waals surface area (Å²) in [6.07, 6.45) is 0. The molecule has 0 aliphatic heterocycles. The van der Waals surface area contributed by atoms with E-state index in [1.807, 2.05) is 0 Å². The number of nitrogens with zero attached hydrogens (tertiary/aromatic N) is 2. The summed E-state index contributed by atoms with van der Waals surface area (Å²) in [5.41, 5.74) is -1.30. The Morgan fingerprint density at radius 1 is 1.55 bits per heavy atom. The summed E-state index contributed by atoms with van der Waals surface area (Å²) in [5.74, 6) is -2.31. The summed E-state index contributed by atoms with van der Waals surface area (Å²) < 4.78 is 18.8. The minimum absolute atomic E-state index is 0.00699. The molecule has 1 aromatic carbocycles. The minimum Gasteiger partial charge on any atom is -0.477 e. The van der Waals surface area contributed by atoms with Gasteiger partial charge >= 0.3 is 5.97 Å². The predicted octanol–water partition coefficient (Wildman–Crippen LogP) is 1.90. The number of ether oxygens (including phenoxy) is 1. The van der Waals surface area contributed by atoms with Crippen molar-refractivity contribution in [3.05, 3.63) is 33.6 Å². The average Bonchev–Trinajstić information content (AvgIpc) is 2.40. The molecule has 0 fully saturated rings. The monoisotopic (exact) mass is 286 g/mol. The van der Waals surface area contributed by atoms with E-state index in [4.69, 9.17) is 9.84 Å². The number of nitro groups is 1. The molecule has 1 aromatic rings. The molecule has 1 N–H and O–H groups in total. The number of anilines is 1. The molecule has 0 heterocycles. The number of carbonyl (C=O) groups is 1. The Balaban J connectivity index is 3.30. The molecule has 0 unspecified atom stereocenters. The van der Waals surface area contributed by atoms with Crippen LogP contribution in [0.5, 0.6) is 0 Å². The summed E-state index contributed by atoms with van der Waals surface area (Å²) in [7, 11) is 1.49. The number of halogens is 1. The average molecular weight is 286 g/mol. The molecule has 20 heavy (non-hydrogen) atoms. The number of carboxylic acid groups (broad SMARTS) is 1. The van der Waals surface area contributed by atoms with Crippen molar-refractivity contribution < 1.29 is 24.0 Å². The highest BCUT2D eigenvalue weighted by atomic mass is 19.1. The standard InChI is InChI=1S/C12H15FN2O5/c1-3-14(4-5-20-2)11-6-8(12(16)17)10(15(18)19)7-9(11)13/h6-7H,3-5H2,1-2H3,(H,16,17). The van der Waals surface area contributed by atoms with Gasteiger partial charge in [0, 0.05) is 20.2 Å². The first-order valence-electron chi connectivity index (χ1n) is 5.87. The molecule has 0 spiro atoms. The number of hydrogen-bond donors (Lipinski definition) is 1. The lowest BCUT2D eigenvalue weighted by Crippen LogP contribution is -2.28.